The lowest BCUT2D eigenvalue weighted by molar-refractivity contribution is 0.242. The van der Waals surface area contributed by atoms with Crippen molar-refractivity contribution in [3.8, 4) is 0 Å². The molecule has 2 heterocycles. The van der Waals surface area contributed by atoms with Gasteiger partial charge in [-0.3, -0.25) is 10.2 Å². The highest BCUT2D eigenvalue weighted by Gasteiger charge is 2.15. The minimum absolute atomic E-state index is 0.248. The number of carbonyl (C=O) groups excluding carboxylic acids is 1. The fourth-order valence-corrected chi connectivity index (χ4v) is 2.84. The van der Waals surface area contributed by atoms with Crippen molar-refractivity contribution in [3.63, 3.8) is 0 Å². The summed E-state index contributed by atoms with van der Waals surface area (Å²) in [5.74, 6) is 1.11. The molecule has 2 aromatic rings. The van der Waals surface area contributed by atoms with Crippen LogP contribution in [0.4, 0.5) is 10.6 Å². The summed E-state index contributed by atoms with van der Waals surface area (Å²) >= 11 is 0. The van der Waals surface area contributed by atoms with Crippen LogP contribution in [0.1, 0.15) is 23.3 Å². The van der Waals surface area contributed by atoms with E-state index in [2.05, 4.69) is 45.0 Å². The molecule has 2 amide bonds. The van der Waals surface area contributed by atoms with Crippen LogP contribution in [0.15, 0.2) is 34.9 Å². The lowest BCUT2D eigenvalue weighted by atomic mass is 10.00. The number of urea groups is 1. The molecule has 2 N–H and O–H groups in total. The summed E-state index contributed by atoms with van der Waals surface area (Å²) < 4.78 is 4.90. The fourth-order valence-electron chi connectivity index (χ4n) is 2.84. The van der Waals surface area contributed by atoms with Gasteiger partial charge < -0.3 is 9.84 Å². The summed E-state index contributed by atoms with van der Waals surface area (Å²) in [7, 11) is 0. The zero-order valence-electron chi connectivity index (χ0n) is 13.3. The number of hydrogen-bond donors (Lipinski definition) is 2. The summed E-state index contributed by atoms with van der Waals surface area (Å²) in [5, 5.41) is 9.21. The van der Waals surface area contributed by atoms with Crippen LogP contribution in [0.5, 0.6) is 0 Å². The Balaban J connectivity index is 1.35. The van der Waals surface area contributed by atoms with Crippen molar-refractivity contribution in [1.82, 2.24) is 15.4 Å². The number of anilines is 1. The minimum atomic E-state index is -0.248. The first-order valence-electron chi connectivity index (χ1n) is 7.98. The molecule has 6 heteroatoms. The number of benzene rings is 1. The minimum Gasteiger partial charge on any atom is -0.360 e. The Labute approximate surface area is 135 Å². The Hall–Kier alpha value is -2.34. The summed E-state index contributed by atoms with van der Waals surface area (Å²) in [5.41, 5.74) is 2.88. The van der Waals surface area contributed by atoms with Gasteiger partial charge in [-0.05, 0) is 30.9 Å². The first-order valence-corrected chi connectivity index (χ1v) is 7.98. The summed E-state index contributed by atoms with van der Waals surface area (Å²) in [6.45, 7) is 5.49. The third-order valence-electron chi connectivity index (χ3n) is 4.02. The van der Waals surface area contributed by atoms with Crippen LogP contribution in [0.25, 0.3) is 0 Å². The Morgan fingerprint density at radius 3 is 2.96 bits per heavy atom. The molecule has 23 heavy (non-hydrogen) atoms. The first kappa shape index (κ1) is 15.6. The highest BCUT2D eigenvalue weighted by molar-refractivity contribution is 5.88. The Bertz CT molecular complexity index is 668. The van der Waals surface area contributed by atoms with Crippen LogP contribution in [0.2, 0.25) is 0 Å². The molecule has 0 bridgehead atoms. The second kappa shape index (κ2) is 7.28. The van der Waals surface area contributed by atoms with E-state index in [0.717, 1.165) is 32.5 Å². The quantitative estimate of drug-likeness (QED) is 0.832. The second-order valence-electron chi connectivity index (χ2n) is 5.85. The molecule has 1 aromatic carbocycles. The molecule has 0 fully saturated rings. The topological polar surface area (TPSA) is 70.4 Å². The SMILES string of the molecule is Cc1cc(NC(=O)NCCCN2CCc3ccccc3C2)no1. The van der Waals surface area contributed by atoms with Gasteiger partial charge in [0.2, 0.25) is 0 Å². The summed E-state index contributed by atoms with van der Waals surface area (Å²) in [6.07, 6.45) is 2.03. The Kier molecular flexibility index (Phi) is 4.92. The average molecular weight is 314 g/mol. The molecule has 1 aromatic heterocycles. The van der Waals surface area contributed by atoms with Gasteiger partial charge >= 0.3 is 6.03 Å². The van der Waals surface area contributed by atoms with Crippen molar-refractivity contribution in [2.45, 2.75) is 26.3 Å². The first-order chi connectivity index (χ1) is 11.2. The third kappa shape index (κ3) is 4.32. The largest absolute Gasteiger partial charge is 0.360 e. The van der Waals surface area contributed by atoms with Gasteiger partial charge in [0.15, 0.2) is 5.82 Å². The maximum atomic E-state index is 11.7. The van der Waals surface area contributed by atoms with Gasteiger partial charge in [-0.15, -0.1) is 0 Å². The van der Waals surface area contributed by atoms with Crippen molar-refractivity contribution >= 4 is 11.8 Å². The molecule has 1 aliphatic rings. The number of amides is 2. The predicted octanol–water partition coefficient (Wildman–Crippen LogP) is 2.55. The monoisotopic (exact) mass is 314 g/mol. The van der Waals surface area contributed by atoms with Crippen LogP contribution in [0.3, 0.4) is 0 Å². The van der Waals surface area contributed by atoms with Gasteiger partial charge in [0.1, 0.15) is 5.76 Å². The Morgan fingerprint density at radius 1 is 1.35 bits per heavy atom. The van der Waals surface area contributed by atoms with Gasteiger partial charge in [-0.1, -0.05) is 29.4 Å². The highest BCUT2D eigenvalue weighted by atomic mass is 16.5. The molecule has 0 unspecified atom stereocenters. The van der Waals surface area contributed by atoms with E-state index in [1.54, 1.807) is 13.0 Å². The van der Waals surface area contributed by atoms with Crippen molar-refractivity contribution < 1.29 is 9.32 Å². The lowest BCUT2D eigenvalue weighted by Gasteiger charge is -2.28. The summed E-state index contributed by atoms with van der Waals surface area (Å²) in [4.78, 5) is 14.2. The second-order valence-corrected chi connectivity index (χ2v) is 5.85. The maximum absolute atomic E-state index is 11.7. The van der Waals surface area contributed by atoms with Gasteiger partial charge in [-0.2, -0.15) is 0 Å². The zero-order valence-corrected chi connectivity index (χ0v) is 13.3. The van der Waals surface area contributed by atoms with Crippen molar-refractivity contribution in [1.29, 1.82) is 0 Å². The van der Waals surface area contributed by atoms with E-state index in [1.807, 2.05) is 0 Å². The number of rotatable bonds is 5. The molecule has 0 atom stereocenters. The lowest BCUT2D eigenvalue weighted by Crippen LogP contribution is -2.35. The van der Waals surface area contributed by atoms with Crippen molar-refractivity contribution in [2.24, 2.45) is 0 Å². The van der Waals surface area contributed by atoms with Crippen molar-refractivity contribution in [3.05, 3.63) is 47.2 Å². The molecule has 0 saturated heterocycles. The predicted molar refractivity (Wildman–Crippen MR) is 88.3 cm³/mol. The van der Waals surface area contributed by atoms with E-state index in [0.29, 0.717) is 18.1 Å². The number of aromatic nitrogens is 1. The van der Waals surface area contributed by atoms with Crippen LogP contribution in [0, 0.1) is 6.92 Å². The van der Waals surface area contributed by atoms with Crippen LogP contribution < -0.4 is 10.6 Å². The standard InChI is InChI=1S/C17H22N4O2/c1-13-11-16(20-23-13)19-17(22)18-8-4-9-21-10-7-14-5-2-3-6-15(14)12-21/h2-3,5-6,11H,4,7-10,12H2,1H3,(H2,18,19,20,22). The third-order valence-corrected chi connectivity index (χ3v) is 4.02. The number of nitrogens with zero attached hydrogens (tertiary/aromatic N) is 2. The van der Waals surface area contributed by atoms with E-state index in [9.17, 15) is 4.79 Å². The van der Waals surface area contributed by atoms with E-state index in [1.165, 1.54) is 11.1 Å². The number of aryl methyl sites for hydroxylation is 1. The van der Waals surface area contributed by atoms with Crippen LogP contribution in [-0.4, -0.2) is 35.7 Å². The zero-order chi connectivity index (χ0) is 16.1. The van der Waals surface area contributed by atoms with E-state index in [4.69, 9.17) is 4.52 Å². The molecule has 0 aliphatic carbocycles. The molecule has 0 radical (unpaired) electrons. The molecular weight excluding hydrogens is 292 g/mol. The molecule has 0 saturated carbocycles. The number of hydrogen-bond acceptors (Lipinski definition) is 4. The number of nitrogens with one attached hydrogen (secondary N) is 2. The Morgan fingerprint density at radius 2 is 2.17 bits per heavy atom. The van der Waals surface area contributed by atoms with Crippen LogP contribution >= 0.6 is 0 Å². The molecule has 1 aliphatic heterocycles. The van der Waals surface area contributed by atoms with Crippen molar-refractivity contribution in [2.75, 3.05) is 25.0 Å². The van der Waals surface area contributed by atoms with Gasteiger partial charge in [0.25, 0.3) is 0 Å². The van der Waals surface area contributed by atoms with E-state index < -0.39 is 0 Å². The van der Waals surface area contributed by atoms with Gasteiger partial charge in [0, 0.05) is 32.2 Å². The molecule has 122 valence electrons. The van der Waals surface area contributed by atoms with E-state index >= 15 is 0 Å². The maximum Gasteiger partial charge on any atom is 0.320 e. The van der Waals surface area contributed by atoms with Crippen LogP contribution in [-0.2, 0) is 13.0 Å². The molecule has 0 spiro atoms. The van der Waals surface area contributed by atoms with Gasteiger partial charge in [0.05, 0.1) is 0 Å². The summed E-state index contributed by atoms with van der Waals surface area (Å²) in [6, 6.07) is 10.1. The fraction of sp³-hybridized carbons (Fsp3) is 0.412. The number of carbonyl (C=O) groups is 1. The van der Waals surface area contributed by atoms with Gasteiger partial charge in [-0.25, -0.2) is 4.79 Å². The molecule has 6 nitrogen and oxygen atoms in total. The molecule has 3 rings (SSSR count). The highest BCUT2D eigenvalue weighted by Crippen LogP contribution is 2.18. The van der Waals surface area contributed by atoms with E-state index in [-0.39, 0.29) is 6.03 Å². The average Bonchev–Trinajstić information content (AvgIpc) is 2.96. The normalized spacial score (nSPS) is 14.3. The number of fused-ring (bicyclic) bond motifs is 1. The smallest absolute Gasteiger partial charge is 0.320 e. The molecular formula is C17H22N4O2.